The molecule has 0 atom stereocenters. The van der Waals surface area contributed by atoms with Gasteiger partial charge in [0.1, 0.15) is 6.29 Å². The highest BCUT2D eigenvalue weighted by atomic mass is 16.1. The van der Waals surface area contributed by atoms with Crippen LogP contribution >= 0.6 is 0 Å². The normalized spacial score (nSPS) is 20.4. The Morgan fingerprint density at radius 1 is 1.00 bits per heavy atom. The molecule has 1 saturated carbocycles. The predicted octanol–water partition coefficient (Wildman–Crippen LogP) is 1.70. The zero-order valence-electron chi connectivity index (χ0n) is 6.10. The molecule has 1 rings (SSSR count). The summed E-state index contributed by atoms with van der Waals surface area (Å²) in [5.74, 6) is 1.15. The van der Waals surface area contributed by atoms with E-state index in [-0.39, 0.29) is 0 Å². The third-order valence-electron chi connectivity index (χ3n) is 1.28. The van der Waals surface area contributed by atoms with Crippen LogP contribution in [0.15, 0.2) is 24.3 Å². The topological polar surface area (TPSA) is 17.1 Å². The van der Waals surface area contributed by atoms with Gasteiger partial charge in [0.05, 0.1) is 0 Å². The second-order valence-corrected chi connectivity index (χ2v) is 2.10. The van der Waals surface area contributed by atoms with E-state index in [0.717, 1.165) is 12.2 Å². The van der Waals surface area contributed by atoms with Gasteiger partial charge >= 0.3 is 0 Å². The average Bonchev–Trinajstić information content (AvgIpc) is 2.50. The minimum Gasteiger partial charge on any atom is -0.299 e. The van der Waals surface area contributed by atoms with E-state index in [1.165, 1.54) is 6.08 Å². The van der Waals surface area contributed by atoms with Crippen molar-refractivity contribution in [3.63, 3.8) is 0 Å². The minimum atomic E-state index is 0.759. The fourth-order valence-corrected chi connectivity index (χ4v) is 0.776. The number of carbonyl (C=O) groups excluding carboxylic acids is 1. The summed E-state index contributed by atoms with van der Waals surface area (Å²) in [6, 6.07) is 0. The number of hydrogen-bond donors (Lipinski definition) is 0. The second-order valence-electron chi connectivity index (χ2n) is 2.10. The maximum Gasteiger partial charge on any atom is 0.142 e. The summed E-state index contributed by atoms with van der Waals surface area (Å²) >= 11 is 0. The van der Waals surface area contributed by atoms with Crippen molar-refractivity contribution in [2.24, 2.45) is 0 Å². The van der Waals surface area contributed by atoms with Crippen molar-refractivity contribution in [1.82, 2.24) is 0 Å². The molecule has 1 heteroatoms. The van der Waals surface area contributed by atoms with Crippen molar-refractivity contribution in [1.29, 1.82) is 0 Å². The minimum absolute atomic E-state index is 0.759. The molecule has 0 saturated heterocycles. The molecule has 0 bridgehead atoms. The van der Waals surface area contributed by atoms with Crippen LogP contribution in [0, 0.1) is 31.6 Å². The lowest BCUT2D eigenvalue weighted by atomic mass is 10.1. The molecule has 1 nitrogen and oxygen atoms in total. The summed E-state index contributed by atoms with van der Waals surface area (Å²) in [7, 11) is 0. The van der Waals surface area contributed by atoms with Crippen molar-refractivity contribution in [3.05, 3.63) is 55.9 Å². The Morgan fingerprint density at radius 3 is 2.36 bits per heavy atom. The molecule has 0 unspecified atom stereocenters. The van der Waals surface area contributed by atoms with Crippen molar-refractivity contribution < 1.29 is 4.79 Å². The Balaban J connectivity index is 2.22. The molecule has 0 aromatic heterocycles. The molecule has 0 spiro atoms. The largest absolute Gasteiger partial charge is 0.299 e. The first kappa shape index (κ1) is 8.25. The first-order valence-electron chi connectivity index (χ1n) is 3.44. The van der Waals surface area contributed by atoms with E-state index < -0.39 is 0 Å². The maximum absolute atomic E-state index is 9.85. The fraction of sp³-hybridized carbons (Fsp3) is 0. The molecule has 0 aromatic rings. The smallest absolute Gasteiger partial charge is 0.142 e. The first-order valence-corrected chi connectivity index (χ1v) is 3.44. The van der Waals surface area contributed by atoms with E-state index in [1.807, 2.05) is 37.8 Å². The SMILES string of the molecule is O=C/C=C/C=C/[C]1[CH][CH][CH][CH]1. The number of allylic oxidation sites excluding steroid dienone is 4. The zero-order chi connectivity index (χ0) is 7.94. The third-order valence-corrected chi connectivity index (χ3v) is 1.28. The Kier molecular flexibility index (Phi) is 3.67. The van der Waals surface area contributed by atoms with E-state index >= 15 is 0 Å². The highest BCUT2D eigenvalue weighted by Crippen LogP contribution is 2.23. The molecular formula is C10H9O. The molecule has 11 heavy (non-hydrogen) atoms. The quantitative estimate of drug-likeness (QED) is 0.335. The van der Waals surface area contributed by atoms with Crippen LogP contribution in [0.5, 0.6) is 0 Å². The van der Waals surface area contributed by atoms with Crippen molar-refractivity contribution in [3.8, 4) is 0 Å². The van der Waals surface area contributed by atoms with Gasteiger partial charge in [-0.25, -0.2) is 0 Å². The van der Waals surface area contributed by atoms with Crippen molar-refractivity contribution >= 4 is 6.29 Å². The van der Waals surface area contributed by atoms with E-state index in [2.05, 4.69) is 0 Å². The summed E-state index contributed by atoms with van der Waals surface area (Å²) in [6.45, 7) is 0. The monoisotopic (exact) mass is 145 g/mol. The summed E-state index contributed by atoms with van der Waals surface area (Å²) < 4.78 is 0. The highest BCUT2D eigenvalue weighted by Gasteiger charge is 2.12. The summed E-state index contributed by atoms with van der Waals surface area (Å²) in [5.41, 5.74) is 0. The molecule has 0 amide bonds. The van der Waals surface area contributed by atoms with Crippen LogP contribution in [0.3, 0.4) is 0 Å². The molecule has 0 N–H and O–H groups in total. The van der Waals surface area contributed by atoms with Crippen LogP contribution in [-0.2, 0) is 4.79 Å². The number of hydrogen-bond acceptors (Lipinski definition) is 1. The molecule has 0 heterocycles. The average molecular weight is 145 g/mol. The Labute approximate surface area is 67.8 Å². The Morgan fingerprint density at radius 2 is 1.73 bits per heavy atom. The van der Waals surface area contributed by atoms with Crippen LogP contribution in [0.25, 0.3) is 0 Å². The van der Waals surface area contributed by atoms with Gasteiger partial charge in [-0.3, -0.25) is 4.79 Å². The number of rotatable bonds is 3. The molecule has 55 valence electrons. The van der Waals surface area contributed by atoms with Crippen LogP contribution < -0.4 is 0 Å². The van der Waals surface area contributed by atoms with Crippen LogP contribution in [0.4, 0.5) is 0 Å². The van der Waals surface area contributed by atoms with Crippen LogP contribution in [0.2, 0.25) is 0 Å². The lowest BCUT2D eigenvalue weighted by molar-refractivity contribution is -0.104. The summed E-state index contributed by atoms with van der Waals surface area (Å²) in [5, 5.41) is 0. The summed E-state index contributed by atoms with van der Waals surface area (Å²) in [6.07, 6.45) is 15.7. The van der Waals surface area contributed by atoms with Gasteiger partial charge < -0.3 is 0 Å². The van der Waals surface area contributed by atoms with Crippen molar-refractivity contribution in [2.45, 2.75) is 0 Å². The standard InChI is InChI=1S/C10H9O/c11-9-5-1-2-6-10-7-3-4-8-10/h1-9H/b5-1+,6-2+. The lowest BCUT2D eigenvalue weighted by Gasteiger charge is -1.95. The van der Waals surface area contributed by atoms with Gasteiger partial charge in [0.25, 0.3) is 0 Å². The molecule has 0 aliphatic heterocycles. The Hall–Kier alpha value is -0.850. The van der Waals surface area contributed by atoms with Gasteiger partial charge in [0.15, 0.2) is 0 Å². The highest BCUT2D eigenvalue weighted by molar-refractivity contribution is 5.65. The molecular weight excluding hydrogens is 136 g/mol. The van der Waals surface area contributed by atoms with Gasteiger partial charge in [0.2, 0.25) is 0 Å². The fourth-order valence-electron chi connectivity index (χ4n) is 0.776. The van der Waals surface area contributed by atoms with Gasteiger partial charge in [0, 0.05) is 5.92 Å². The second kappa shape index (κ2) is 4.89. The van der Waals surface area contributed by atoms with E-state index in [0.29, 0.717) is 0 Å². The molecule has 1 aliphatic carbocycles. The lowest BCUT2D eigenvalue weighted by Crippen LogP contribution is -1.82. The third kappa shape index (κ3) is 3.17. The number of carbonyl (C=O) groups is 1. The Bertz CT molecular complexity index is 162. The van der Waals surface area contributed by atoms with Gasteiger partial charge in [-0.15, -0.1) is 0 Å². The molecule has 5 radical (unpaired) electrons. The van der Waals surface area contributed by atoms with Gasteiger partial charge in [-0.2, -0.15) is 0 Å². The molecule has 1 aliphatic rings. The van der Waals surface area contributed by atoms with E-state index in [9.17, 15) is 4.79 Å². The maximum atomic E-state index is 9.85. The predicted molar refractivity (Wildman–Crippen MR) is 44.8 cm³/mol. The van der Waals surface area contributed by atoms with E-state index in [1.54, 1.807) is 6.08 Å². The first-order chi connectivity index (χ1) is 5.43. The summed E-state index contributed by atoms with van der Waals surface area (Å²) in [4.78, 5) is 9.85. The van der Waals surface area contributed by atoms with E-state index in [4.69, 9.17) is 0 Å². The van der Waals surface area contributed by atoms with Crippen LogP contribution in [-0.4, -0.2) is 6.29 Å². The van der Waals surface area contributed by atoms with Gasteiger partial charge in [-0.1, -0.05) is 18.2 Å². The van der Waals surface area contributed by atoms with Gasteiger partial charge in [-0.05, 0) is 31.8 Å². The number of aldehydes is 1. The van der Waals surface area contributed by atoms with Crippen LogP contribution in [0.1, 0.15) is 0 Å². The van der Waals surface area contributed by atoms with Crippen molar-refractivity contribution in [2.75, 3.05) is 0 Å². The zero-order valence-corrected chi connectivity index (χ0v) is 6.10. The molecule has 0 aromatic carbocycles. The molecule has 1 fully saturated rings.